The average Bonchev–Trinajstić information content (AvgIpc) is 3.37. The van der Waals surface area contributed by atoms with Gasteiger partial charge in [0.15, 0.2) is 5.76 Å². The lowest BCUT2D eigenvalue weighted by atomic mass is 10.1. The van der Waals surface area contributed by atoms with Gasteiger partial charge in [-0.05, 0) is 25.1 Å². The molecule has 8 heteroatoms. The molecule has 1 N–H and O–H groups in total. The molecule has 0 bridgehead atoms. The Morgan fingerprint density at radius 2 is 2.07 bits per heavy atom. The number of nitrogens with zero attached hydrogens (tertiary/aromatic N) is 3. The van der Waals surface area contributed by atoms with Crippen LogP contribution in [0.15, 0.2) is 50.5 Å². The maximum atomic E-state index is 13.3. The molecule has 1 saturated heterocycles. The minimum absolute atomic E-state index is 0.0531. The third-order valence-electron chi connectivity index (χ3n) is 5.23. The summed E-state index contributed by atoms with van der Waals surface area (Å²) in [7, 11) is 3.03. The maximum Gasteiger partial charge on any atom is 0.330 e. The molecule has 8 nitrogen and oxygen atoms in total. The van der Waals surface area contributed by atoms with Gasteiger partial charge in [-0.3, -0.25) is 14.2 Å². The Balaban J connectivity index is 1.73. The second-order valence-corrected chi connectivity index (χ2v) is 7.14. The molecular weight excluding hydrogens is 360 g/mol. The van der Waals surface area contributed by atoms with E-state index in [1.54, 1.807) is 18.0 Å². The first-order valence-corrected chi connectivity index (χ1v) is 9.21. The standard InChI is InChI=1S/C20H22N4O4/c1-22-11-14(18(25)23(2)20(22)27)12-24(15-7-8-21-10-15)19(26)17-9-13-5-3-4-6-16(13)28-17/h3-6,9,11,15,21H,7-8,10,12H2,1-2H3/t15-/m0/s1. The molecule has 0 aliphatic carbocycles. The molecule has 3 aromatic rings. The highest BCUT2D eigenvalue weighted by Crippen LogP contribution is 2.22. The normalized spacial score (nSPS) is 16.6. The minimum atomic E-state index is -0.397. The summed E-state index contributed by atoms with van der Waals surface area (Å²) in [6.45, 7) is 1.57. The van der Waals surface area contributed by atoms with Crippen molar-refractivity contribution in [2.24, 2.45) is 14.1 Å². The van der Waals surface area contributed by atoms with Crippen LogP contribution in [0.2, 0.25) is 0 Å². The van der Waals surface area contributed by atoms with Crippen LogP contribution in [-0.2, 0) is 20.6 Å². The molecule has 0 spiro atoms. The van der Waals surface area contributed by atoms with Gasteiger partial charge in [0.1, 0.15) is 5.58 Å². The van der Waals surface area contributed by atoms with E-state index in [1.807, 2.05) is 24.3 Å². The van der Waals surface area contributed by atoms with Crippen molar-refractivity contribution in [1.29, 1.82) is 0 Å². The zero-order valence-electron chi connectivity index (χ0n) is 15.8. The molecule has 4 rings (SSSR count). The van der Waals surface area contributed by atoms with Crippen molar-refractivity contribution in [2.75, 3.05) is 13.1 Å². The van der Waals surface area contributed by atoms with Gasteiger partial charge in [-0.25, -0.2) is 4.79 Å². The molecule has 1 amide bonds. The molecular formula is C20H22N4O4. The van der Waals surface area contributed by atoms with Crippen LogP contribution in [0.1, 0.15) is 22.5 Å². The first-order chi connectivity index (χ1) is 13.5. The molecule has 28 heavy (non-hydrogen) atoms. The summed E-state index contributed by atoms with van der Waals surface area (Å²) >= 11 is 0. The number of hydrogen-bond acceptors (Lipinski definition) is 5. The van der Waals surface area contributed by atoms with Gasteiger partial charge in [-0.2, -0.15) is 0 Å². The Morgan fingerprint density at radius 3 is 2.79 bits per heavy atom. The van der Waals surface area contributed by atoms with E-state index in [4.69, 9.17) is 4.42 Å². The molecule has 0 unspecified atom stereocenters. The first kappa shape index (κ1) is 18.2. The largest absolute Gasteiger partial charge is 0.451 e. The van der Waals surface area contributed by atoms with Crippen molar-refractivity contribution in [2.45, 2.75) is 19.0 Å². The number of fused-ring (bicyclic) bond motifs is 1. The average molecular weight is 382 g/mol. The van der Waals surface area contributed by atoms with Gasteiger partial charge >= 0.3 is 5.69 Å². The monoisotopic (exact) mass is 382 g/mol. The summed E-state index contributed by atoms with van der Waals surface area (Å²) in [5.74, 6) is -0.0180. The fraction of sp³-hybridized carbons (Fsp3) is 0.350. The number of carbonyl (C=O) groups excluding carboxylic acids is 1. The van der Waals surface area contributed by atoms with Crippen molar-refractivity contribution in [3.63, 3.8) is 0 Å². The number of nitrogens with one attached hydrogen (secondary N) is 1. The van der Waals surface area contributed by atoms with E-state index >= 15 is 0 Å². The van der Waals surface area contributed by atoms with E-state index in [-0.39, 0.29) is 24.3 Å². The van der Waals surface area contributed by atoms with Gasteiger partial charge in [-0.1, -0.05) is 18.2 Å². The topological polar surface area (TPSA) is 89.5 Å². The number of benzene rings is 1. The lowest BCUT2D eigenvalue weighted by molar-refractivity contribution is 0.0644. The van der Waals surface area contributed by atoms with Crippen LogP contribution in [0.5, 0.6) is 0 Å². The van der Waals surface area contributed by atoms with Crippen LogP contribution in [0.4, 0.5) is 0 Å². The number of amides is 1. The van der Waals surface area contributed by atoms with Crippen molar-refractivity contribution in [3.8, 4) is 0 Å². The highest BCUT2D eigenvalue weighted by atomic mass is 16.3. The SMILES string of the molecule is Cn1cc(CN(C(=O)c2cc3ccccc3o2)[C@H]2CCNC2)c(=O)n(C)c1=O. The van der Waals surface area contributed by atoms with Crippen LogP contribution in [0.25, 0.3) is 11.0 Å². The van der Waals surface area contributed by atoms with Gasteiger partial charge in [0, 0.05) is 38.3 Å². The summed E-state index contributed by atoms with van der Waals surface area (Å²) in [6.07, 6.45) is 2.30. The van der Waals surface area contributed by atoms with Crippen LogP contribution in [-0.4, -0.2) is 39.1 Å². The fourth-order valence-corrected chi connectivity index (χ4v) is 3.68. The number of hydrogen-bond donors (Lipinski definition) is 1. The summed E-state index contributed by atoms with van der Waals surface area (Å²) in [4.78, 5) is 39.5. The number of para-hydroxylation sites is 1. The second kappa shape index (κ2) is 7.12. The zero-order valence-corrected chi connectivity index (χ0v) is 15.8. The number of carbonyl (C=O) groups is 1. The minimum Gasteiger partial charge on any atom is -0.451 e. The van der Waals surface area contributed by atoms with E-state index in [9.17, 15) is 14.4 Å². The smallest absolute Gasteiger partial charge is 0.330 e. The van der Waals surface area contributed by atoms with Crippen LogP contribution in [0.3, 0.4) is 0 Å². The van der Waals surface area contributed by atoms with E-state index in [0.29, 0.717) is 17.7 Å². The molecule has 0 saturated carbocycles. The highest BCUT2D eigenvalue weighted by Gasteiger charge is 2.30. The summed E-state index contributed by atoms with van der Waals surface area (Å²) in [5.41, 5.74) is 0.247. The van der Waals surface area contributed by atoms with Gasteiger partial charge in [0.2, 0.25) is 0 Å². The molecule has 146 valence electrons. The van der Waals surface area contributed by atoms with Gasteiger partial charge in [0.05, 0.1) is 12.1 Å². The predicted molar refractivity (Wildman–Crippen MR) is 104 cm³/mol. The quantitative estimate of drug-likeness (QED) is 0.722. The summed E-state index contributed by atoms with van der Waals surface area (Å²) in [6, 6.07) is 9.12. The number of rotatable bonds is 4. The van der Waals surface area contributed by atoms with Gasteiger partial charge < -0.3 is 19.2 Å². The molecule has 1 aliphatic heterocycles. The third kappa shape index (κ3) is 3.16. The van der Waals surface area contributed by atoms with Crippen LogP contribution >= 0.6 is 0 Å². The van der Waals surface area contributed by atoms with Gasteiger partial charge in [0.25, 0.3) is 11.5 Å². The van der Waals surface area contributed by atoms with Crippen molar-refractivity contribution in [1.82, 2.24) is 19.4 Å². The lowest BCUT2D eigenvalue weighted by Crippen LogP contribution is -2.44. The van der Waals surface area contributed by atoms with E-state index in [1.165, 1.54) is 17.8 Å². The molecule has 1 aliphatic rings. The van der Waals surface area contributed by atoms with E-state index in [0.717, 1.165) is 22.9 Å². The number of furan rings is 1. The second-order valence-electron chi connectivity index (χ2n) is 7.14. The Labute approximate surface area is 161 Å². The van der Waals surface area contributed by atoms with Crippen molar-refractivity contribution in [3.05, 3.63) is 68.7 Å². The molecule has 1 aromatic carbocycles. The fourth-order valence-electron chi connectivity index (χ4n) is 3.68. The Morgan fingerprint density at radius 1 is 1.29 bits per heavy atom. The highest BCUT2D eigenvalue weighted by molar-refractivity contribution is 5.96. The first-order valence-electron chi connectivity index (χ1n) is 9.21. The van der Waals surface area contributed by atoms with Crippen LogP contribution in [0, 0.1) is 0 Å². The molecule has 2 aromatic heterocycles. The molecule has 3 heterocycles. The zero-order chi connectivity index (χ0) is 19.8. The van der Waals surface area contributed by atoms with E-state index in [2.05, 4.69) is 5.32 Å². The Kier molecular flexibility index (Phi) is 4.64. The maximum absolute atomic E-state index is 13.3. The number of aryl methyl sites for hydroxylation is 1. The molecule has 1 atom stereocenters. The Hall–Kier alpha value is -3.13. The van der Waals surface area contributed by atoms with Gasteiger partial charge in [-0.15, -0.1) is 0 Å². The summed E-state index contributed by atoms with van der Waals surface area (Å²) in [5, 5.41) is 4.11. The summed E-state index contributed by atoms with van der Waals surface area (Å²) < 4.78 is 8.17. The molecule has 1 fully saturated rings. The van der Waals surface area contributed by atoms with Crippen molar-refractivity contribution >= 4 is 16.9 Å². The third-order valence-corrected chi connectivity index (χ3v) is 5.23. The lowest BCUT2D eigenvalue weighted by Gasteiger charge is -2.27. The Bertz CT molecular complexity index is 1120. The van der Waals surface area contributed by atoms with Crippen LogP contribution < -0.4 is 16.6 Å². The number of aromatic nitrogens is 2. The molecule has 0 radical (unpaired) electrons. The van der Waals surface area contributed by atoms with E-state index < -0.39 is 11.2 Å². The van der Waals surface area contributed by atoms with Crippen molar-refractivity contribution < 1.29 is 9.21 Å². The predicted octanol–water partition coefficient (Wildman–Crippen LogP) is 0.835.